The molecule has 0 aliphatic carbocycles. The highest BCUT2D eigenvalue weighted by Crippen LogP contribution is 2.24. The molecule has 1 unspecified atom stereocenters. The molecule has 0 spiro atoms. The van der Waals surface area contributed by atoms with Gasteiger partial charge in [0.05, 0.1) is 19.7 Å². The van der Waals surface area contributed by atoms with Crippen LogP contribution in [0.2, 0.25) is 0 Å². The van der Waals surface area contributed by atoms with E-state index in [1.807, 2.05) is 43.5 Å². The number of hydrogen-bond acceptors (Lipinski definition) is 5. The summed E-state index contributed by atoms with van der Waals surface area (Å²) in [6, 6.07) is 7.67. The van der Waals surface area contributed by atoms with Crippen LogP contribution in [-0.4, -0.2) is 35.7 Å². The minimum Gasteiger partial charge on any atom is -0.478 e. The number of rotatable bonds is 8. The van der Waals surface area contributed by atoms with Gasteiger partial charge in [-0.2, -0.15) is 0 Å². The first-order chi connectivity index (χ1) is 12.0. The Hall–Kier alpha value is -1.39. The minimum atomic E-state index is -0.941. The van der Waals surface area contributed by atoms with Gasteiger partial charge in [-0.25, -0.2) is 9.98 Å². The van der Waals surface area contributed by atoms with Crippen LogP contribution in [0.1, 0.15) is 31.2 Å². The molecule has 2 rings (SSSR count). The molecule has 0 aromatic carbocycles. The molecule has 0 amide bonds. The number of nitrogens with zero attached hydrogens (tertiary/aromatic N) is 2. The van der Waals surface area contributed by atoms with E-state index in [4.69, 9.17) is 4.74 Å². The molecule has 0 radical (unpaired) electrons. The van der Waals surface area contributed by atoms with E-state index in [2.05, 4.69) is 20.6 Å². The lowest BCUT2D eigenvalue weighted by molar-refractivity contribution is 0.0655. The summed E-state index contributed by atoms with van der Waals surface area (Å²) in [4.78, 5) is 9.65. The number of nitrogens with one attached hydrogen (secondary N) is 2. The zero-order valence-corrected chi connectivity index (χ0v) is 18.5. The van der Waals surface area contributed by atoms with Crippen molar-refractivity contribution in [3.05, 3.63) is 46.3 Å². The van der Waals surface area contributed by atoms with E-state index < -0.39 is 5.60 Å². The number of ether oxygens (including phenoxy) is 1. The largest absolute Gasteiger partial charge is 0.478 e. The molecule has 26 heavy (non-hydrogen) atoms. The van der Waals surface area contributed by atoms with E-state index in [1.165, 1.54) is 0 Å². The third kappa shape index (κ3) is 7.08. The Bertz CT molecular complexity index is 678. The Labute approximate surface area is 176 Å². The fourth-order valence-corrected chi connectivity index (χ4v) is 3.00. The van der Waals surface area contributed by atoms with Gasteiger partial charge in [0.25, 0.3) is 0 Å². The highest BCUT2D eigenvalue weighted by Gasteiger charge is 2.24. The highest BCUT2D eigenvalue weighted by molar-refractivity contribution is 14.0. The summed E-state index contributed by atoms with van der Waals surface area (Å²) in [5, 5.41) is 19.0. The molecule has 0 bridgehead atoms. The SMILES string of the molecule is CCNC(=NCc1ccnc(OCC)c1)NCC(C)(O)c1cccs1.I. The molecule has 6 nitrogen and oxygen atoms in total. The highest BCUT2D eigenvalue weighted by atomic mass is 127. The van der Waals surface area contributed by atoms with Gasteiger partial charge in [-0.15, -0.1) is 35.3 Å². The average Bonchev–Trinajstić information content (AvgIpc) is 3.14. The number of halogens is 1. The van der Waals surface area contributed by atoms with Crippen molar-refractivity contribution in [2.75, 3.05) is 19.7 Å². The van der Waals surface area contributed by atoms with Crippen LogP contribution in [0.3, 0.4) is 0 Å². The molecular formula is C18H27IN4O2S. The molecule has 3 N–H and O–H groups in total. The number of aliphatic imine (C=N–C) groups is 1. The molecule has 0 aliphatic heterocycles. The van der Waals surface area contributed by atoms with Crippen molar-refractivity contribution in [2.24, 2.45) is 4.99 Å². The van der Waals surface area contributed by atoms with Crippen molar-refractivity contribution in [1.29, 1.82) is 0 Å². The lowest BCUT2D eigenvalue weighted by atomic mass is 10.1. The Kier molecular flexibility index (Phi) is 9.89. The van der Waals surface area contributed by atoms with Gasteiger partial charge in [0.2, 0.25) is 5.88 Å². The van der Waals surface area contributed by atoms with E-state index in [0.29, 0.717) is 31.5 Å². The maximum atomic E-state index is 10.6. The number of pyridine rings is 1. The Morgan fingerprint density at radius 3 is 2.81 bits per heavy atom. The van der Waals surface area contributed by atoms with Crippen LogP contribution in [-0.2, 0) is 12.1 Å². The third-order valence-electron chi connectivity index (χ3n) is 3.51. The molecule has 0 saturated carbocycles. The first-order valence-electron chi connectivity index (χ1n) is 8.41. The molecular weight excluding hydrogens is 463 g/mol. The molecule has 2 heterocycles. The van der Waals surface area contributed by atoms with Crippen LogP contribution in [0.4, 0.5) is 0 Å². The summed E-state index contributed by atoms with van der Waals surface area (Å²) in [5.41, 5.74) is 0.0732. The fraction of sp³-hybridized carbons (Fsp3) is 0.444. The summed E-state index contributed by atoms with van der Waals surface area (Å²) < 4.78 is 5.41. The number of thiophene rings is 1. The van der Waals surface area contributed by atoms with Gasteiger partial charge < -0.3 is 20.5 Å². The number of guanidine groups is 1. The predicted octanol–water partition coefficient (Wildman–Crippen LogP) is 3.12. The summed E-state index contributed by atoms with van der Waals surface area (Å²) >= 11 is 1.54. The fourth-order valence-electron chi connectivity index (χ4n) is 2.22. The average molecular weight is 490 g/mol. The zero-order chi connectivity index (χ0) is 18.1. The van der Waals surface area contributed by atoms with Gasteiger partial charge >= 0.3 is 0 Å². The van der Waals surface area contributed by atoms with Crippen LogP contribution >= 0.6 is 35.3 Å². The van der Waals surface area contributed by atoms with Crippen molar-refractivity contribution in [1.82, 2.24) is 15.6 Å². The van der Waals surface area contributed by atoms with Crippen molar-refractivity contribution in [3.63, 3.8) is 0 Å². The van der Waals surface area contributed by atoms with Gasteiger partial charge in [-0.05, 0) is 43.8 Å². The Morgan fingerprint density at radius 1 is 1.35 bits per heavy atom. The second-order valence-electron chi connectivity index (χ2n) is 5.74. The van der Waals surface area contributed by atoms with E-state index in [1.54, 1.807) is 24.5 Å². The van der Waals surface area contributed by atoms with Gasteiger partial charge in [0, 0.05) is 23.7 Å². The molecule has 144 valence electrons. The van der Waals surface area contributed by atoms with Crippen molar-refractivity contribution in [2.45, 2.75) is 32.9 Å². The topological polar surface area (TPSA) is 78.8 Å². The molecule has 0 fully saturated rings. The number of aliphatic hydroxyl groups is 1. The summed E-state index contributed by atoms with van der Waals surface area (Å²) in [6.07, 6.45) is 1.72. The minimum absolute atomic E-state index is 0. The molecule has 2 aromatic rings. The maximum absolute atomic E-state index is 10.6. The second-order valence-corrected chi connectivity index (χ2v) is 6.68. The molecule has 2 aromatic heterocycles. The smallest absolute Gasteiger partial charge is 0.213 e. The van der Waals surface area contributed by atoms with E-state index in [-0.39, 0.29) is 24.0 Å². The van der Waals surface area contributed by atoms with Gasteiger partial charge in [0.1, 0.15) is 5.60 Å². The maximum Gasteiger partial charge on any atom is 0.213 e. The summed E-state index contributed by atoms with van der Waals surface area (Å²) in [5.74, 6) is 1.27. The Balaban J connectivity index is 0.00000338. The third-order valence-corrected chi connectivity index (χ3v) is 4.63. The first-order valence-corrected chi connectivity index (χ1v) is 9.29. The van der Waals surface area contributed by atoms with E-state index >= 15 is 0 Å². The lowest BCUT2D eigenvalue weighted by Crippen LogP contribution is -2.44. The van der Waals surface area contributed by atoms with Crippen molar-refractivity contribution >= 4 is 41.3 Å². The quantitative estimate of drug-likeness (QED) is 0.301. The van der Waals surface area contributed by atoms with E-state index in [0.717, 1.165) is 17.0 Å². The summed E-state index contributed by atoms with van der Waals surface area (Å²) in [6.45, 7) is 7.94. The number of hydrogen-bond donors (Lipinski definition) is 3. The summed E-state index contributed by atoms with van der Waals surface area (Å²) in [7, 11) is 0. The van der Waals surface area contributed by atoms with Crippen molar-refractivity contribution < 1.29 is 9.84 Å². The van der Waals surface area contributed by atoms with Crippen molar-refractivity contribution in [3.8, 4) is 5.88 Å². The normalized spacial score (nSPS) is 13.5. The van der Waals surface area contributed by atoms with Gasteiger partial charge in [0.15, 0.2) is 5.96 Å². The molecule has 0 aliphatic rings. The molecule has 1 atom stereocenters. The van der Waals surface area contributed by atoms with Crippen LogP contribution in [0.25, 0.3) is 0 Å². The number of aromatic nitrogens is 1. The van der Waals surface area contributed by atoms with Crippen LogP contribution < -0.4 is 15.4 Å². The van der Waals surface area contributed by atoms with Crippen LogP contribution in [0.5, 0.6) is 5.88 Å². The van der Waals surface area contributed by atoms with E-state index in [9.17, 15) is 5.11 Å². The molecule has 0 saturated heterocycles. The zero-order valence-electron chi connectivity index (χ0n) is 15.4. The first kappa shape index (κ1) is 22.7. The van der Waals surface area contributed by atoms with Gasteiger partial charge in [-0.1, -0.05) is 6.07 Å². The monoisotopic (exact) mass is 490 g/mol. The molecule has 8 heteroatoms. The predicted molar refractivity (Wildman–Crippen MR) is 118 cm³/mol. The second kappa shape index (κ2) is 11.3. The van der Waals surface area contributed by atoms with Crippen LogP contribution in [0, 0.1) is 0 Å². The van der Waals surface area contributed by atoms with Crippen LogP contribution in [0.15, 0.2) is 40.8 Å². The standard InChI is InChI=1S/C18H26N4O2S.HI/c1-4-19-17(22-13-18(3,23)15-7-6-10-25-15)21-12-14-8-9-20-16(11-14)24-5-2;/h6-11,23H,4-5,12-13H2,1-3H3,(H2,19,21,22);1H. The lowest BCUT2D eigenvalue weighted by Gasteiger charge is -2.23. The van der Waals surface area contributed by atoms with Gasteiger partial charge in [-0.3, -0.25) is 0 Å². The Morgan fingerprint density at radius 2 is 2.15 bits per heavy atom.